The topological polar surface area (TPSA) is 96.3 Å². The van der Waals surface area contributed by atoms with Gasteiger partial charge < -0.3 is 24.6 Å². The largest absolute Gasteiger partial charge is 0.463 e. The number of hydrogen-bond acceptors (Lipinski definition) is 6. The molecule has 0 heterocycles. The van der Waals surface area contributed by atoms with Gasteiger partial charge in [0.05, 0.1) is 12.2 Å². The van der Waals surface area contributed by atoms with E-state index in [1.165, 1.54) is 25.1 Å². The van der Waals surface area contributed by atoms with E-state index in [4.69, 9.17) is 9.47 Å². The molecule has 0 bridgehead atoms. The lowest BCUT2D eigenvalue weighted by molar-refractivity contribution is -0.137. The number of carbonyl (C=O) groups excluding carboxylic acids is 2. The fourth-order valence-electron chi connectivity index (χ4n) is 1.61. The Bertz CT molecular complexity index is 528. The molecule has 0 aromatic heterocycles. The Hall–Kier alpha value is -2.12. The molecule has 0 radical (unpaired) electrons. The van der Waals surface area contributed by atoms with Gasteiger partial charge in [0.15, 0.2) is 6.10 Å². The highest BCUT2D eigenvalue weighted by atomic mass is 16.6. The summed E-state index contributed by atoms with van der Waals surface area (Å²) < 4.78 is 10.0. The molecule has 0 rings (SSSR count). The first-order chi connectivity index (χ1) is 11.5. The number of aliphatic hydroxyl groups excluding tert-OH is 1. The van der Waals surface area contributed by atoms with Gasteiger partial charge in [-0.2, -0.15) is 0 Å². The summed E-state index contributed by atoms with van der Waals surface area (Å²) in [6, 6.07) is 0. The minimum Gasteiger partial charge on any atom is -0.463 e. The summed E-state index contributed by atoms with van der Waals surface area (Å²) >= 11 is 0. The Labute approximate surface area is 149 Å². The molecule has 0 aromatic rings. The van der Waals surface area contributed by atoms with E-state index in [2.05, 4.69) is 0 Å². The summed E-state index contributed by atoms with van der Waals surface area (Å²) in [5.41, 5.74) is -0.690. The van der Waals surface area contributed by atoms with Crippen molar-refractivity contribution >= 4 is 12.1 Å². The van der Waals surface area contributed by atoms with Gasteiger partial charge in [-0.25, -0.2) is 9.59 Å². The maximum absolute atomic E-state index is 11.8. The molecule has 0 saturated carbocycles. The van der Waals surface area contributed by atoms with E-state index < -0.39 is 29.9 Å². The third kappa shape index (κ3) is 10.4. The molecular formula is C18H29NO6. The average molecular weight is 355 g/mol. The summed E-state index contributed by atoms with van der Waals surface area (Å²) in [6.07, 6.45) is 4.43. The van der Waals surface area contributed by atoms with E-state index >= 15 is 0 Å². The lowest BCUT2D eigenvalue weighted by Gasteiger charge is -2.23. The molecule has 2 N–H and O–H groups in total. The van der Waals surface area contributed by atoms with Crippen LogP contribution >= 0.6 is 0 Å². The quantitative estimate of drug-likeness (QED) is 0.392. The second-order valence-corrected chi connectivity index (χ2v) is 6.23. The Morgan fingerprint density at radius 2 is 1.84 bits per heavy atom. The van der Waals surface area contributed by atoms with Crippen molar-refractivity contribution in [2.24, 2.45) is 0 Å². The summed E-state index contributed by atoms with van der Waals surface area (Å²) in [5.74, 6) is -0.581. The molecule has 0 aliphatic heterocycles. The Kier molecular flexibility index (Phi) is 9.78. The number of ether oxygens (including phenoxy) is 2. The number of rotatable bonds is 8. The van der Waals surface area contributed by atoms with Crippen molar-refractivity contribution in [1.29, 1.82) is 0 Å². The summed E-state index contributed by atoms with van der Waals surface area (Å²) in [7, 11) is 3.04. The minimum atomic E-state index is -1.22. The smallest absolute Gasteiger partial charge is 0.409 e. The van der Waals surface area contributed by atoms with Crippen molar-refractivity contribution in [3.8, 4) is 0 Å². The maximum atomic E-state index is 11.8. The predicted octanol–water partition coefficient (Wildman–Crippen LogP) is 1.81. The molecule has 0 spiro atoms. The summed E-state index contributed by atoms with van der Waals surface area (Å²) in [4.78, 5) is 24.5. The lowest BCUT2D eigenvalue weighted by atomic mass is 10.0. The summed E-state index contributed by atoms with van der Waals surface area (Å²) in [5, 5.41) is 20.0. The van der Waals surface area contributed by atoms with Crippen LogP contribution in [0.25, 0.3) is 0 Å². The van der Waals surface area contributed by atoms with Crippen LogP contribution < -0.4 is 0 Å². The van der Waals surface area contributed by atoms with Crippen LogP contribution in [-0.4, -0.2) is 65.7 Å². The molecule has 0 aliphatic rings. The van der Waals surface area contributed by atoms with Crippen LogP contribution in [0, 0.1) is 0 Å². The van der Waals surface area contributed by atoms with Gasteiger partial charge in [-0.1, -0.05) is 18.2 Å². The Morgan fingerprint density at radius 3 is 2.32 bits per heavy atom. The average Bonchev–Trinajstić information content (AvgIpc) is 2.48. The van der Waals surface area contributed by atoms with Gasteiger partial charge in [0.1, 0.15) is 6.10 Å². The number of allylic oxidation sites excluding steroid dienone is 2. The van der Waals surface area contributed by atoms with Gasteiger partial charge in [-0.15, -0.1) is 0 Å². The van der Waals surface area contributed by atoms with E-state index in [-0.39, 0.29) is 6.61 Å². The predicted molar refractivity (Wildman–Crippen MR) is 94.9 cm³/mol. The number of amides is 1. The first kappa shape index (κ1) is 22.9. The highest BCUT2D eigenvalue weighted by Crippen LogP contribution is 2.13. The van der Waals surface area contributed by atoms with E-state index in [0.717, 1.165) is 6.08 Å². The van der Waals surface area contributed by atoms with Gasteiger partial charge in [0.2, 0.25) is 0 Å². The number of hydrogen-bond donors (Lipinski definition) is 2. The van der Waals surface area contributed by atoms with Crippen LogP contribution in [0.3, 0.4) is 0 Å². The number of nitrogens with zero attached hydrogens (tertiary/aromatic N) is 1. The molecule has 0 fully saturated rings. The van der Waals surface area contributed by atoms with Crippen LogP contribution in [0.15, 0.2) is 36.0 Å². The molecule has 142 valence electrons. The van der Waals surface area contributed by atoms with Crippen LogP contribution in [0.1, 0.15) is 27.7 Å². The van der Waals surface area contributed by atoms with Crippen molar-refractivity contribution in [1.82, 2.24) is 4.90 Å². The molecule has 7 nitrogen and oxygen atoms in total. The lowest BCUT2D eigenvalue weighted by Crippen LogP contribution is -2.35. The number of carbonyl (C=O) groups is 2. The fraction of sp³-hybridized carbons (Fsp3) is 0.556. The maximum Gasteiger partial charge on any atom is 0.409 e. The SMILES string of the molecule is CCOC(=O)/C=C(\C)[C@@H](O)[C@H](/C=C/C=C/C(C)(C)O)OC(=O)N(C)C. The molecule has 0 unspecified atom stereocenters. The van der Waals surface area contributed by atoms with Gasteiger partial charge in [0.25, 0.3) is 0 Å². The molecule has 0 aliphatic carbocycles. The van der Waals surface area contributed by atoms with E-state index in [1.807, 2.05) is 0 Å². The second-order valence-electron chi connectivity index (χ2n) is 6.23. The summed E-state index contributed by atoms with van der Waals surface area (Å²) in [6.45, 7) is 6.67. The van der Waals surface area contributed by atoms with Crippen molar-refractivity contribution in [3.63, 3.8) is 0 Å². The van der Waals surface area contributed by atoms with Crippen molar-refractivity contribution < 1.29 is 29.3 Å². The molecular weight excluding hydrogens is 326 g/mol. The van der Waals surface area contributed by atoms with Crippen molar-refractivity contribution in [2.75, 3.05) is 20.7 Å². The van der Waals surface area contributed by atoms with E-state index in [0.29, 0.717) is 5.57 Å². The van der Waals surface area contributed by atoms with Crippen molar-refractivity contribution in [2.45, 2.75) is 45.5 Å². The third-order valence-electron chi connectivity index (χ3n) is 2.93. The zero-order chi connectivity index (χ0) is 19.6. The van der Waals surface area contributed by atoms with E-state index in [1.54, 1.807) is 45.9 Å². The van der Waals surface area contributed by atoms with Gasteiger partial charge in [0, 0.05) is 20.2 Å². The minimum absolute atomic E-state index is 0.222. The molecule has 0 aromatic carbocycles. The van der Waals surface area contributed by atoms with Gasteiger partial charge in [-0.3, -0.25) is 0 Å². The number of aliphatic hydroxyl groups is 2. The van der Waals surface area contributed by atoms with Crippen LogP contribution in [-0.2, 0) is 14.3 Å². The third-order valence-corrected chi connectivity index (χ3v) is 2.93. The fourth-order valence-corrected chi connectivity index (χ4v) is 1.61. The van der Waals surface area contributed by atoms with Crippen molar-refractivity contribution in [3.05, 3.63) is 36.0 Å². The Morgan fingerprint density at radius 1 is 1.24 bits per heavy atom. The molecule has 2 atom stereocenters. The van der Waals surface area contributed by atoms with Gasteiger partial charge in [-0.05, 0) is 39.3 Å². The first-order valence-electron chi connectivity index (χ1n) is 7.97. The zero-order valence-corrected chi connectivity index (χ0v) is 15.7. The molecule has 25 heavy (non-hydrogen) atoms. The normalized spacial score (nSPS) is 15.3. The Balaban J connectivity index is 5.29. The molecule has 7 heteroatoms. The van der Waals surface area contributed by atoms with Crippen LogP contribution in [0.4, 0.5) is 4.79 Å². The van der Waals surface area contributed by atoms with Crippen LogP contribution in [0.2, 0.25) is 0 Å². The van der Waals surface area contributed by atoms with E-state index in [9.17, 15) is 19.8 Å². The highest BCUT2D eigenvalue weighted by molar-refractivity contribution is 5.82. The van der Waals surface area contributed by atoms with Gasteiger partial charge >= 0.3 is 12.1 Å². The molecule has 1 amide bonds. The number of esters is 1. The second kappa shape index (κ2) is 10.7. The molecule has 0 saturated heterocycles. The first-order valence-corrected chi connectivity index (χ1v) is 7.97. The monoisotopic (exact) mass is 355 g/mol. The zero-order valence-electron chi connectivity index (χ0n) is 15.7. The van der Waals surface area contributed by atoms with Crippen LogP contribution in [0.5, 0.6) is 0 Å². The highest BCUT2D eigenvalue weighted by Gasteiger charge is 2.23. The standard InChI is InChI=1S/C18H29NO6/c1-7-24-15(20)12-13(2)16(21)14(25-17(22)19(5)6)10-8-9-11-18(3,4)23/h8-12,14,16,21,23H,7H2,1-6H3/b10-8+,11-9+,13-12+/t14-,16+/m0/s1.